The molecule has 1 aliphatic carbocycles. The molecule has 2 rings (SSSR count). The Bertz CT molecular complexity index is 431. The fraction of sp³-hybridized carbons (Fsp3) is 0.214. The van der Waals surface area contributed by atoms with Crippen LogP contribution in [0.4, 0.5) is 0 Å². The molecule has 1 atom stereocenters. The van der Waals surface area contributed by atoms with Gasteiger partial charge in [-0.05, 0) is 18.4 Å². The van der Waals surface area contributed by atoms with Crippen molar-refractivity contribution < 1.29 is 9.90 Å². The fourth-order valence-electron chi connectivity index (χ4n) is 1.99. The van der Waals surface area contributed by atoms with Gasteiger partial charge in [0.1, 0.15) is 0 Å². The number of rotatable bonds is 3. The number of hydrogen-bond donors (Lipinski definition) is 1. The molecule has 0 fully saturated rings. The molecular weight excluding hydrogens is 200 g/mol. The topological polar surface area (TPSA) is 37.3 Å². The number of hydrogen-bond acceptors (Lipinski definition) is 1. The van der Waals surface area contributed by atoms with Crippen LogP contribution in [0.25, 0.3) is 0 Å². The second kappa shape index (κ2) is 4.35. The lowest BCUT2D eigenvalue weighted by Crippen LogP contribution is -2.31. The first-order valence-corrected chi connectivity index (χ1v) is 5.35. The van der Waals surface area contributed by atoms with Gasteiger partial charge in [0.05, 0.1) is 5.41 Å². The smallest absolute Gasteiger partial charge is 0.314 e. The second-order valence-electron chi connectivity index (χ2n) is 4.12. The van der Waals surface area contributed by atoms with Crippen molar-refractivity contribution in [2.45, 2.75) is 12.8 Å². The highest BCUT2D eigenvalue weighted by Crippen LogP contribution is 2.32. The molecule has 1 aromatic rings. The van der Waals surface area contributed by atoms with E-state index in [1.165, 1.54) is 0 Å². The van der Waals surface area contributed by atoms with E-state index in [9.17, 15) is 9.90 Å². The largest absolute Gasteiger partial charge is 0.481 e. The highest BCUT2D eigenvalue weighted by atomic mass is 16.4. The Hall–Kier alpha value is -1.83. The Morgan fingerprint density at radius 3 is 2.56 bits per heavy atom. The minimum absolute atomic E-state index is 0.546. The second-order valence-corrected chi connectivity index (χ2v) is 4.12. The fourth-order valence-corrected chi connectivity index (χ4v) is 1.99. The summed E-state index contributed by atoms with van der Waals surface area (Å²) in [4.78, 5) is 11.4. The third-order valence-electron chi connectivity index (χ3n) is 2.93. The minimum atomic E-state index is -0.768. The van der Waals surface area contributed by atoms with E-state index in [1.807, 2.05) is 48.6 Å². The molecule has 2 heteroatoms. The molecule has 1 aromatic carbocycles. The SMILES string of the molecule is O=C(O)C1(Cc2ccccc2)C=CC=CC1. The number of carboxylic acid groups (broad SMARTS) is 1. The predicted molar refractivity (Wildman–Crippen MR) is 63.1 cm³/mol. The summed E-state index contributed by atoms with van der Waals surface area (Å²) in [7, 11) is 0. The summed E-state index contributed by atoms with van der Waals surface area (Å²) in [6, 6.07) is 9.75. The average Bonchev–Trinajstić information content (AvgIpc) is 2.31. The summed E-state index contributed by atoms with van der Waals surface area (Å²) < 4.78 is 0. The van der Waals surface area contributed by atoms with Crippen molar-refractivity contribution in [3.05, 3.63) is 60.2 Å². The summed E-state index contributed by atoms with van der Waals surface area (Å²) in [6.07, 6.45) is 8.53. The van der Waals surface area contributed by atoms with Gasteiger partial charge in [0.25, 0.3) is 0 Å². The third-order valence-corrected chi connectivity index (χ3v) is 2.93. The highest BCUT2D eigenvalue weighted by molar-refractivity contribution is 5.78. The van der Waals surface area contributed by atoms with E-state index in [-0.39, 0.29) is 0 Å². The Morgan fingerprint density at radius 2 is 2.00 bits per heavy atom. The van der Waals surface area contributed by atoms with E-state index in [4.69, 9.17) is 0 Å². The van der Waals surface area contributed by atoms with E-state index in [0.29, 0.717) is 12.8 Å². The summed E-state index contributed by atoms with van der Waals surface area (Å²) in [5.41, 5.74) is 0.292. The van der Waals surface area contributed by atoms with Crippen LogP contribution in [0.3, 0.4) is 0 Å². The lowest BCUT2D eigenvalue weighted by Gasteiger charge is -2.26. The zero-order chi connectivity index (χ0) is 11.4. The average molecular weight is 214 g/mol. The van der Waals surface area contributed by atoms with Crippen LogP contribution in [0, 0.1) is 5.41 Å². The number of aliphatic carboxylic acids is 1. The highest BCUT2D eigenvalue weighted by Gasteiger charge is 2.35. The van der Waals surface area contributed by atoms with Crippen molar-refractivity contribution in [1.29, 1.82) is 0 Å². The summed E-state index contributed by atoms with van der Waals surface area (Å²) in [5.74, 6) is -0.753. The van der Waals surface area contributed by atoms with Gasteiger partial charge in [0.15, 0.2) is 0 Å². The van der Waals surface area contributed by atoms with Gasteiger partial charge in [-0.2, -0.15) is 0 Å². The van der Waals surface area contributed by atoms with Gasteiger partial charge >= 0.3 is 5.97 Å². The molecule has 2 nitrogen and oxygen atoms in total. The van der Waals surface area contributed by atoms with Crippen molar-refractivity contribution in [2.75, 3.05) is 0 Å². The van der Waals surface area contributed by atoms with Crippen molar-refractivity contribution in [3.8, 4) is 0 Å². The summed E-state index contributed by atoms with van der Waals surface area (Å²) in [5, 5.41) is 9.36. The van der Waals surface area contributed by atoms with Gasteiger partial charge in [-0.15, -0.1) is 0 Å². The number of benzene rings is 1. The van der Waals surface area contributed by atoms with Crippen LogP contribution in [-0.2, 0) is 11.2 Å². The third kappa shape index (κ3) is 2.06. The maximum Gasteiger partial charge on any atom is 0.314 e. The standard InChI is InChI=1S/C14H14O2/c15-13(16)14(9-5-2-6-10-14)11-12-7-3-1-4-8-12/h1-9H,10-11H2,(H,15,16). The molecule has 1 unspecified atom stereocenters. The Kier molecular flexibility index (Phi) is 2.91. The van der Waals surface area contributed by atoms with E-state index < -0.39 is 11.4 Å². The monoisotopic (exact) mass is 214 g/mol. The van der Waals surface area contributed by atoms with E-state index in [2.05, 4.69) is 0 Å². The van der Waals surface area contributed by atoms with Gasteiger partial charge in [0.2, 0.25) is 0 Å². The summed E-state index contributed by atoms with van der Waals surface area (Å²) in [6.45, 7) is 0. The molecular formula is C14H14O2. The Morgan fingerprint density at radius 1 is 1.25 bits per heavy atom. The quantitative estimate of drug-likeness (QED) is 0.840. The van der Waals surface area contributed by atoms with Crippen LogP contribution in [0.1, 0.15) is 12.0 Å². The number of carboxylic acids is 1. The maximum atomic E-state index is 11.4. The molecule has 0 bridgehead atoms. The van der Waals surface area contributed by atoms with Gasteiger partial charge < -0.3 is 5.11 Å². The van der Waals surface area contributed by atoms with Gasteiger partial charge in [-0.1, -0.05) is 54.6 Å². The van der Waals surface area contributed by atoms with E-state index >= 15 is 0 Å². The molecule has 0 aromatic heterocycles. The molecule has 0 aliphatic heterocycles. The molecule has 0 amide bonds. The van der Waals surface area contributed by atoms with Crippen molar-refractivity contribution in [3.63, 3.8) is 0 Å². The lowest BCUT2D eigenvalue weighted by atomic mass is 9.76. The molecule has 1 aliphatic rings. The van der Waals surface area contributed by atoms with Crippen molar-refractivity contribution >= 4 is 5.97 Å². The lowest BCUT2D eigenvalue weighted by molar-refractivity contribution is -0.145. The first kappa shape index (κ1) is 10.7. The Balaban J connectivity index is 2.25. The normalized spacial score (nSPS) is 23.2. The van der Waals surface area contributed by atoms with Crippen LogP contribution in [-0.4, -0.2) is 11.1 Å². The zero-order valence-corrected chi connectivity index (χ0v) is 8.97. The van der Waals surface area contributed by atoms with Crippen molar-refractivity contribution in [1.82, 2.24) is 0 Å². The molecule has 0 saturated carbocycles. The van der Waals surface area contributed by atoms with Crippen LogP contribution in [0.15, 0.2) is 54.6 Å². The summed E-state index contributed by atoms with van der Waals surface area (Å²) >= 11 is 0. The van der Waals surface area contributed by atoms with Gasteiger partial charge in [-0.25, -0.2) is 0 Å². The predicted octanol–water partition coefficient (Wildman–Crippen LogP) is 2.82. The molecule has 82 valence electrons. The van der Waals surface area contributed by atoms with Crippen LogP contribution in [0.5, 0.6) is 0 Å². The van der Waals surface area contributed by atoms with Crippen LogP contribution >= 0.6 is 0 Å². The minimum Gasteiger partial charge on any atom is -0.481 e. The first-order valence-electron chi connectivity index (χ1n) is 5.35. The maximum absolute atomic E-state index is 11.4. The molecule has 16 heavy (non-hydrogen) atoms. The number of carbonyl (C=O) groups is 1. The van der Waals surface area contributed by atoms with Gasteiger partial charge in [0, 0.05) is 0 Å². The zero-order valence-electron chi connectivity index (χ0n) is 8.97. The molecule has 0 spiro atoms. The van der Waals surface area contributed by atoms with Gasteiger partial charge in [-0.3, -0.25) is 4.79 Å². The van der Waals surface area contributed by atoms with Crippen LogP contribution in [0.2, 0.25) is 0 Å². The van der Waals surface area contributed by atoms with Crippen LogP contribution < -0.4 is 0 Å². The van der Waals surface area contributed by atoms with E-state index in [0.717, 1.165) is 5.56 Å². The van der Waals surface area contributed by atoms with Crippen molar-refractivity contribution in [2.24, 2.45) is 5.41 Å². The molecule has 1 N–H and O–H groups in total. The van der Waals surface area contributed by atoms with E-state index in [1.54, 1.807) is 6.08 Å². The molecule has 0 saturated heterocycles. The number of allylic oxidation sites excluding steroid dienone is 3. The first-order chi connectivity index (χ1) is 7.73. The molecule has 0 radical (unpaired) electrons. The Labute approximate surface area is 94.9 Å². The molecule has 0 heterocycles.